The number of aliphatic hydroxyl groups excluding tert-OH is 1. The molecule has 0 rings (SSSR count). The highest BCUT2D eigenvalue weighted by molar-refractivity contribution is 7.47. The number of unbranched alkanes of at least 4 members (excludes halogenated alkanes) is 26. The molecular weight excluding hydrogens is 952 g/mol. The predicted molar refractivity (Wildman–Crippen MR) is 307 cm³/mol. The van der Waals surface area contributed by atoms with E-state index >= 15 is 0 Å². The predicted octanol–water partition coefficient (Wildman–Crippen LogP) is 17.7. The van der Waals surface area contributed by atoms with Crippen LogP contribution in [0.5, 0.6) is 0 Å². The van der Waals surface area contributed by atoms with Crippen LogP contribution in [0.4, 0.5) is 0 Å². The SMILES string of the molecule is CC/C=C\C/C=C\C/C=C\CCCCCC(=O)OCC(COP(=O)(O)OCC(CO)OC(=O)CCCCCCC/C=C\C/C=C\CCCCC)OC(=O)CCCCCCCCCCC/C=C\CCCCCCCC. The van der Waals surface area contributed by atoms with E-state index in [-0.39, 0.29) is 25.9 Å². The van der Waals surface area contributed by atoms with E-state index in [2.05, 4.69) is 93.7 Å². The molecule has 12 heteroatoms. The lowest BCUT2D eigenvalue weighted by atomic mass is 10.1. The van der Waals surface area contributed by atoms with Crippen molar-refractivity contribution < 1.29 is 52.2 Å². The van der Waals surface area contributed by atoms with Gasteiger partial charge in [0.1, 0.15) is 12.7 Å². The van der Waals surface area contributed by atoms with Gasteiger partial charge in [0.05, 0.1) is 19.8 Å². The molecule has 0 spiro atoms. The van der Waals surface area contributed by atoms with E-state index in [9.17, 15) is 28.9 Å². The molecule has 0 heterocycles. The topological polar surface area (TPSA) is 155 Å². The van der Waals surface area contributed by atoms with Gasteiger partial charge in [-0.1, -0.05) is 209 Å². The minimum atomic E-state index is -4.76. The number of allylic oxidation sites excluding steroid dienone is 12. The summed E-state index contributed by atoms with van der Waals surface area (Å²) in [5.41, 5.74) is 0. The number of phosphoric acid groups is 1. The Morgan fingerprint density at radius 2 is 0.703 bits per heavy atom. The third kappa shape index (κ3) is 53.7. The fourth-order valence-electron chi connectivity index (χ4n) is 8.04. The van der Waals surface area contributed by atoms with Crippen molar-refractivity contribution in [2.75, 3.05) is 26.4 Å². The van der Waals surface area contributed by atoms with Crippen LogP contribution in [-0.2, 0) is 42.2 Å². The number of aliphatic hydroxyl groups is 1. The Hall–Kier alpha value is -3.08. The molecule has 0 radical (unpaired) electrons. The summed E-state index contributed by atoms with van der Waals surface area (Å²) in [6.07, 6.45) is 62.9. The highest BCUT2D eigenvalue weighted by Gasteiger charge is 2.28. The average Bonchev–Trinajstić information content (AvgIpc) is 3.39. The molecule has 2 N–H and O–H groups in total. The molecule has 0 amide bonds. The average molecular weight is 1060 g/mol. The molecular formula is C62H109O11P. The van der Waals surface area contributed by atoms with E-state index in [1.807, 2.05) is 0 Å². The maximum Gasteiger partial charge on any atom is 0.472 e. The second-order valence-corrected chi connectivity index (χ2v) is 21.2. The zero-order valence-electron chi connectivity index (χ0n) is 47.3. The number of ether oxygens (including phenoxy) is 3. The fraction of sp³-hybridized carbons (Fsp3) is 0.758. The Bertz CT molecular complexity index is 1520. The lowest BCUT2D eigenvalue weighted by Crippen LogP contribution is -2.30. The summed E-state index contributed by atoms with van der Waals surface area (Å²) in [5, 5.41) is 9.82. The van der Waals surface area contributed by atoms with Gasteiger partial charge in [-0.15, -0.1) is 0 Å². The normalized spacial score (nSPS) is 13.9. The number of carbonyl (C=O) groups excluding carboxylic acids is 3. The van der Waals surface area contributed by atoms with Crippen LogP contribution in [-0.4, -0.2) is 66.5 Å². The number of esters is 3. The van der Waals surface area contributed by atoms with Crippen molar-refractivity contribution in [2.24, 2.45) is 0 Å². The molecule has 0 saturated carbocycles. The Kier molecular flexibility index (Phi) is 53.8. The highest BCUT2D eigenvalue weighted by Crippen LogP contribution is 2.43. The third-order valence-corrected chi connectivity index (χ3v) is 13.5. The monoisotopic (exact) mass is 1060 g/mol. The van der Waals surface area contributed by atoms with Crippen molar-refractivity contribution in [3.63, 3.8) is 0 Å². The Labute approximate surface area is 452 Å². The van der Waals surface area contributed by atoms with Crippen LogP contribution in [0, 0.1) is 0 Å². The van der Waals surface area contributed by atoms with Crippen LogP contribution in [0.25, 0.3) is 0 Å². The first-order chi connectivity index (χ1) is 36.2. The van der Waals surface area contributed by atoms with E-state index in [0.29, 0.717) is 19.3 Å². The molecule has 0 aliphatic heterocycles. The van der Waals surface area contributed by atoms with Gasteiger partial charge in [0.15, 0.2) is 6.10 Å². The van der Waals surface area contributed by atoms with Crippen molar-refractivity contribution in [1.29, 1.82) is 0 Å². The van der Waals surface area contributed by atoms with Gasteiger partial charge in [-0.3, -0.25) is 23.4 Å². The molecule has 0 aliphatic rings. The van der Waals surface area contributed by atoms with Gasteiger partial charge in [-0.05, 0) is 109 Å². The molecule has 0 aromatic rings. The van der Waals surface area contributed by atoms with Gasteiger partial charge in [-0.25, -0.2) is 4.57 Å². The summed E-state index contributed by atoms with van der Waals surface area (Å²) in [7, 11) is -4.76. The lowest BCUT2D eigenvalue weighted by molar-refractivity contribution is -0.161. The molecule has 0 saturated heterocycles. The summed E-state index contributed by atoms with van der Waals surface area (Å²) < 4.78 is 39.5. The molecule has 11 nitrogen and oxygen atoms in total. The Balaban J connectivity index is 4.73. The summed E-state index contributed by atoms with van der Waals surface area (Å²) in [5.74, 6) is -1.51. The number of phosphoric ester groups is 1. The molecule has 74 heavy (non-hydrogen) atoms. The minimum Gasteiger partial charge on any atom is -0.462 e. The van der Waals surface area contributed by atoms with Gasteiger partial charge in [0.25, 0.3) is 0 Å². The molecule has 0 aliphatic carbocycles. The van der Waals surface area contributed by atoms with E-state index in [1.54, 1.807) is 0 Å². The second kappa shape index (κ2) is 56.1. The first kappa shape index (κ1) is 70.9. The maximum absolute atomic E-state index is 12.9. The lowest BCUT2D eigenvalue weighted by Gasteiger charge is -2.21. The maximum atomic E-state index is 12.9. The number of carbonyl (C=O) groups is 3. The van der Waals surface area contributed by atoms with Crippen LogP contribution in [0.3, 0.4) is 0 Å². The van der Waals surface area contributed by atoms with Crippen LogP contribution in [0.15, 0.2) is 72.9 Å². The van der Waals surface area contributed by atoms with Crippen molar-refractivity contribution in [3.05, 3.63) is 72.9 Å². The third-order valence-electron chi connectivity index (χ3n) is 12.6. The number of hydrogen-bond donors (Lipinski definition) is 2. The largest absolute Gasteiger partial charge is 0.472 e. The molecule has 3 unspecified atom stereocenters. The molecule has 0 aromatic carbocycles. The Morgan fingerprint density at radius 1 is 0.392 bits per heavy atom. The van der Waals surface area contributed by atoms with Gasteiger partial charge in [-0.2, -0.15) is 0 Å². The summed E-state index contributed by atoms with van der Waals surface area (Å²) in [6, 6.07) is 0. The quantitative estimate of drug-likeness (QED) is 0.0197. The highest BCUT2D eigenvalue weighted by atomic mass is 31.2. The number of hydrogen-bond acceptors (Lipinski definition) is 10. The van der Waals surface area contributed by atoms with Crippen molar-refractivity contribution in [3.8, 4) is 0 Å². The molecule has 0 aromatic heterocycles. The standard InChI is InChI=1S/C62H109O11P/c1-4-7-10-13-16-19-22-25-27-28-29-30-32-35-38-41-44-47-50-53-62(66)73-59(55-69-60(64)51-48-45-42-39-36-33-24-21-18-15-12-9-6-3)57-71-74(67,68)70-56-58(54-63)72-61(65)52-49-46-43-40-37-34-31-26-23-20-17-14-11-8-5-2/h9,12,17-18,20-21,25-27,31,33,36,58-59,63H,4-8,10-11,13-16,19,22-24,28-30,32,34-35,37-57H2,1-3H3,(H,67,68)/b12-9-,20-17-,21-18-,27-25-,31-26-,36-33-. The summed E-state index contributed by atoms with van der Waals surface area (Å²) >= 11 is 0. The van der Waals surface area contributed by atoms with E-state index in [0.717, 1.165) is 103 Å². The smallest absolute Gasteiger partial charge is 0.462 e. The van der Waals surface area contributed by atoms with Crippen LogP contribution < -0.4 is 0 Å². The number of rotatable bonds is 55. The Morgan fingerprint density at radius 3 is 1.14 bits per heavy atom. The van der Waals surface area contributed by atoms with E-state index in [4.69, 9.17) is 23.3 Å². The zero-order chi connectivity index (χ0) is 54.1. The van der Waals surface area contributed by atoms with E-state index < -0.39 is 57.8 Å². The first-order valence-corrected chi connectivity index (χ1v) is 31.3. The fourth-order valence-corrected chi connectivity index (χ4v) is 8.83. The molecule has 428 valence electrons. The van der Waals surface area contributed by atoms with E-state index in [1.165, 1.54) is 103 Å². The van der Waals surface area contributed by atoms with Gasteiger partial charge in [0.2, 0.25) is 0 Å². The van der Waals surface area contributed by atoms with Crippen LogP contribution in [0.1, 0.15) is 265 Å². The minimum absolute atomic E-state index is 0.157. The van der Waals surface area contributed by atoms with Gasteiger partial charge >= 0.3 is 25.7 Å². The van der Waals surface area contributed by atoms with Gasteiger partial charge < -0.3 is 24.2 Å². The van der Waals surface area contributed by atoms with Crippen molar-refractivity contribution in [1.82, 2.24) is 0 Å². The molecule has 0 fully saturated rings. The van der Waals surface area contributed by atoms with Crippen molar-refractivity contribution >= 4 is 25.7 Å². The first-order valence-electron chi connectivity index (χ1n) is 29.8. The second-order valence-electron chi connectivity index (χ2n) is 19.8. The molecule has 0 bridgehead atoms. The van der Waals surface area contributed by atoms with Gasteiger partial charge in [0, 0.05) is 19.3 Å². The van der Waals surface area contributed by atoms with Crippen LogP contribution >= 0.6 is 7.82 Å². The molecule has 3 atom stereocenters. The summed E-state index contributed by atoms with van der Waals surface area (Å²) in [6.45, 7) is 4.47. The summed E-state index contributed by atoms with van der Waals surface area (Å²) in [4.78, 5) is 48.6. The van der Waals surface area contributed by atoms with Crippen molar-refractivity contribution in [2.45, 2.75) is 277 Å². The zero-order valence-corrected chi connectivity index (χ0v) is 48.2. The van der Waals surface area contributed by atoms with Crippen LogP contribution in [0.2, 0.25) is 0 Å².